The maximum atomic E-state index is 11.0. The van der Waals surface area contributed by atoms with Gasteiger partial charge in [-0.2, -0.15) is 0 Å². The molecule has 3 heteroatoms. The van der Waals surface area contributed by atoms with E-state index in [-0.39, 0.29) is 5.97 Å². The van der Waals surface area contributed by atoms with E-state index in [9.17, 15) is 4.79 Å². The maximum Gasteiger partial charge on any atom is 0.328 e. The highest BCUT2D eigenvalue weighted by atomic mass is 16.5. The van der Waals surface area contributed by atoms with E-state index in [1.807, 2.05) is 13.8 Å². The minimum absolute atomic E-state index is 0.341. The van der Waals surface area contributed by atoms with E-state index in [4.69, 9.17) is 10.5 Å². The second-order valence-electron chi connectivity index (χ2n) is 2.76. The van der Waals surface area contributed by atoms with Crippen molar-refractivity contribution in [1.82, 2.24) is 0 Å². The van der Waals surface area contributed by atoms with Crippen molar-refractivity contribution in [3.05, 3.63) is 6.04 Å². The lowest BCUT2D eigenvalue weighted by atomic mass is 10.2. The Morgan fingerprint density at radius 2 is 2.00 bits per heavy atom. The van der Waals surface area contributed by atoms with Crippen molar-refractivity contribution in [3.8, 4) is 0 Å². The van der Waals surface area contributed by atoms with Crippen molar-refractivity contribution in [2.45, 2.75) is 39.5 Å². The molecule has 0 saturated carbocycles. The molecular formula is C9H18NO2. The zero-order valence-electron chi connectivity index (χ0n) is 7.93. The van der Waals surface area contributed by atoms with Crippen molar-refractivity contribution in [1.29, 1.82) is 0 Å². The van der Waals surface area contributed by atoms with Crippen LogP contribution in [0.2, 0.25) is 0 Å². The summed E-state index contributed by atoms with van der Waals surface area (Å²) in [5.41, 5.74) is 5.45. The number of rotatable bonds is 6. The van der Waals surface area contributed by atoms with Gasteiger partial charge in [-0.1, -0.05) is 26.7 Å². The van der Waals surface area contributed by atoms with Gasteiger partial charge in [-0.25, -0.2) is 4.79 Å². The van der Waals surface area contributed by atoms with Gasteiger partial charge in [0.2, 0.25) is 0 Å². The summed E-state index contributed by atoms with van der Waals surface area (Å²) in [6, 6.07) is 0.341. The largest absolute Gasteiger partial charge is 0.464 e. The molecule has 0 aliphatic carbocycles. The Labute approximate surface area is 74.3 Å². The van der Waals surface area contributed by atoms with E-state index in [0.29, 0.717) is 19.1 Å². The average molecular weight is 172 g/mol. The molecule has 71 valence electrons. The minimum Gasteiger partial charge on any atom is -0.464 e. The molecule has 0 aliphatic heterocycles. The first-order valence-corrected chi connectivity index (χ1v) is 4.50. The molecule has 0 aliphatic rings. The second-order valence-corrected chi connectivity index (χ2v) is 2.76. The third-order valence-electron chi connectivity index (χ3n) is 1.51. The SMILES string of the molecule is CCCCOC(=O)[C](N)CCC. The van der Waals surface area contributed by atoms with Crippen molar-refractivity contribution >= 4 is 5.97 Å². The standard InChI is InChI=1S/C9H18NO2/c1-3-5-7-12-9(11)8(10)6-4-2/h3-7,10H2,1-2H3. The third kappa shape index (κ3) is 5.13. The molecule has 3 nitrogen and oxygen atoms in total. The summed E-state index contributed by atoms with van der Waals surface area (Å²) in [7, 11) is 0. The fourth-order valence-electron chi connectivity index (χ4n) is 0.773. The summed E-state index contributed by atoms with van der Waals surface area (Å²) in [4.78, 5) is 11.0. The molecular weight excluding hydrogens is 154 g/mol. The lowest BCUT2D eigenvalue weighted by Gasteiger charge is -2.08. The van der Waals surface area contributed by atoms with E-state index in [0.717, 1.165) is 19.3 Å². The first-order chi connectivity index (χ1) is 5.72. The van der Waals surface area contributed by atoms with Gasteiger partial charge in [0.05, 0.1) is 6.61 Å². The highest BCUT2D eigenvalue weighted by molar-refractivity contribution is 5.83. The van der Waals surface area contributed by atoms with Crippen LogP contribution in [0.1, 0.15) is 39.5 Å². The third-order valence-corrected chi connectivity index (χ3v) is 1.51. The Kier molecular flexibility index (Phi) is 6.76. The number of unbranched alkanes of at least 4 members (excludes halogenated alkanes) is 1. The molecule has 0 bridgehead atoms. The van der Waals surface area contributed by atoms with Crippen LogP contribution < -0.4 is 5.73 Å². The summed E-state index contributed by atoms with van der Waals surface area (Å²) in [6.07, 6.45) is 3.45. The van der Waals surface area contributed by atoms with Gasteiger partial charge in [0, 0.05) is 0 Å². The van der Waals surface area contributed by atoms with Crippen LogP contribution in [-0.4, -0.2) is 12.6 Å². The Hall–Kier alpha value is -0.570. The van der Waals surface area contributed by atoms with Gasteiger partial charge in [-0.3, -0.25) is 0 Å². The second kappa shape index (κ2) is 7.10. The van der Waals surface area contributed by atoms with Gasteiger partial charge in [-0.05, 0) is 12.8 Å². The molecule has 0 amide bonds. The number of carbonyl (C=O) groups excluding carboxylic acids is 1. The van der Waals surface area contributed by atoms with Gasteiger partial charge < -0.3 is 10.5 Å². The molecule has 0 unspecified atom stereocenters. The first-order valence-electron chi connectivity index (χ1n) is 4.50. The Balaban J connectivity index is 3.43. The highest BCUT2D eigenvalue weighted by Gasteiger charge is 2.14. The fraction of sp³-hybridized carbons (Fsp3) is 0.778. The van der Waals surface area contributed by atoms with Crippen LogP contribution in [0.5, 0.6) is 0 Å². The molecule has 0 saturated heterocycles. The molecule has 0 aromatic heterocycles. The van der Waals surface area contributed by atoms with Crippen molar-refractivity contribution in [2.24, 2.45) is 5.73 Å². The number of hydrogen-bond acceptors (Lipinski definition) is 3. The van der Waals surface area contributed by atoms with Crippen LogP contribution in [0.4, 0.5) is 0 Å². The molecule has 0 heterocycles. The molecule has 0 aromatic rings. The van der Waals surface area contributed by atoms with E-state index in [1.54, 1.807) is 0 Å². The monoisotopic (exact) mass is 172 g/mol. The van der Waals surface area contributed by atoms with E-state index >= 15 is 0 Å². The molecule has 0 aromatic carbocycles. The number of hydrogen-bond donors (Lipinski definition) is 1. The number of esters is 1. The van der Waals surface area contributed by atoms with Crippen LogP contribution >= 0.6 is 0 Å². The van der Waals surface area contributed by atoms with Crippen LogP contribution in [0, 0.1) is 6.04 Å². The van der Waals surface area contributed by atoms with Crippen LogP contribution in [0.3, 0.4) is 0 Å². The molecule has 0 atom stereocenters. The van der Waals surface area contributed by atoms with Gasteiger partial charge in [0.25, 0.3) is 0 Å². The lowest BCUT2D eigenvalue weighted by molar-refractivity contribution is -0.141. The topological polar surface area (TPSA) is 52.3 Å². The Morgan fingerprint density at radius 1 is 1.33 bits per heavy atom. The molecule has 1 radical (unpaired) electrons. The summed E-state index contributed by atoms with van der Waals surface area (Å²) in [5.74, 6) is -0.342. The highest BCUT2D eigenvalue weighted by Crippen LogP contribution is 2.03. The number of carbonyl (C=O) groups is 1. The predicted molar refractivity (Wildman–Crippen MR) is 48.2 cm³/mol. The molecule has 0 spiro atoms. The molecule has 0 rings (SSSR count). The van der Waals surface area contributed by atoms with E-state index in [2.05, 4.69) is 0 Å². The average Bonchev–Trinajstić information content (AvgIpc) is 2.05. The van der Waals surface area contributed by atoms with Gasteiger partial charge >= 0.3 is 5.97 Å². The van der Waals surface area contributed by atoms with Crippen molar-refractivity contribution in [2.75, 3.05) is 6.61 Å². The Morgan fingerprint density at radius 3 is 2.50 bits per heavy atom. The van der Waals surface area contributed by atoms with E-state index in [1.165, 1.54) is 0 Å². The minimum atomic E-state index is -0.342. The van der Waals surface area contributed by atoms with Gasteiger partial charge in [0.15, 0.2) is 0 Å². The molecule has 2 N–H and O–H groups in total. The fourth-order valence-corrected chi connectivity index (χ4v) is 0.773. The maximum absolute atomic E-state index is 11.0. The summed E-state index contributed by atoms with van der Waals surface area (Å²) in [5, 5.41) is 0. The quantitative estimate of drug-likeness (QED) is 0.489. The summed E-state index contributed by atoms with van der Waals surface area (Å²) >= 11 is 0. The van der Waals surface area contributed by atoms with Crippen LogP contribution in [-0.2, 0) is 9.53 Å². The van der Waals surface area contributed by atoms with Crippen molar-refractivity contribution < 1.29 is 9.53 Å². The van der Waals surface area contributed by atoms with Crippen LogP contribution in [0.15, 0.2) is 0 Å². The predicted octanol–water partition coefficient (Wildman–Crippen LogP) is 1.62. The molecule has 0 fully saturated rings. The number of nitrogens with two attached hydrogens (primary N) is 1. The lowest BCUT2D eigenvalue weighted by Crippen LogP contribution is -2.23. The normalized spacial score (nSPS) is 10.3. The van der Waals surface area contributed by atoms with Gasteiger partial charge in [0.1, 0.15) is 6.04 Å². The zero-order valence-corrected chi connectivity index (χ0v) is 7.93. The van der Waals surface area contributed by atoms with E-state index < -0.39 is 0 Å². The summed E-state index contributed by atoms with van der Waals surface area (Å²) in [6.45, 7) is 4.51. The van der Waals surface area contributed by atoms with Crippen molar-refractivity contribution in [3.63, 3.8) is 0 Å². The first kappa shape index (κ1) is 11.4. The van der Waals surface area contributed by atoms with Crippen LogP contribution in [0.25, 0.3) is 0 Å². The summed E-state index contributed by atoms with van der Waals surface area (Å²) < 4.78 is 4.90. The zero-order chi connectivity index (χ0) is 9.40. The number of ether oxygens (including phenoxy) is 1. The Bertz CT molecular complexity index is 126. The van der Waals surface area contributed by atoms with Gasteiger partial charge in [-0.15, -0.1) is 0 Å². The smallest absolute Gasteiger partial charge is 0.328 e. The molecule has 12 heavy (non-hydrogen) atoms.